The number of nitrogens with one attached hydrogen (secondary N) is 2. The first-order valence-electron chi connectivity index (χ1n) is 10.6. The van der Waals surface area contributed by atoms with Gasteiger partial charge in [-0.15, -0.1) is 0 Å². The lowest BCUT2D eigenvalue weighted by molar-refractivity contribution is 0.243. The van der Waals surface area contributed by atoms with Crippen molar-refractivity contribution < 1.29 is 28.8 Å². The van der Waals surface area contributed by atoms with Crippen molar-refractivity contribution in [2.24, 2.45) is 0 Å². The number of hydrogen-bond donors (Lipinski definition) is 6. The van der Waals surface area contributed by atoms with Gasteiger partial charge in [-0.3, -0.25) is 4.72 Å². The molecule has 0 amide bonds. The highest BCUT2D eigenvalue weighted by atomic mass is 32.2. The number of aliphatic hydroxyl groups excluding tert-OH is 1. The van der Waals surface area contributed by atoms with Gasteiger partial charge in [0.15, 0.2) is 0 Å². The third-order valence-electron chi connectivity index (χ3n) is 5.48. The molecule has 0 bridgehead atoms. The molecule has 0 saturated carbocycles. The fourth-order valence-corrected chi connectivity index (χ4v) is 4.10. The van der Waals surface area contributed by atoms with Gasteiger partial charge in [-0.1, -0.05) is 30.3 Å². The van der Waals surface area contributed by atoms with E-state index in [1.165, 1.54) is 26.2 Å². The van der Waals surface area contributed by atoms with Crippen LogP contribution in [0.4, 0.5) is 5.69 Å². The first kappa shape index (κ1) is 25.3. The van der Waals surface area contributed by atoms with Crippen LogP contribution in [0.3, 0.4) is 0 Å². The number of rotatable bonds is 10. The second kappa shape index (κ2) is 10.7. The molecule has 3 aromatic carbocycles. The Morgan fingerprint density at radius 1 is 0.824 bits per heavy atom. The quantitative estimate of drug-likeness (QED) is 0.241. The Bertz CT molecular complexity index is 1150. The largest absolute Gasteiger partial charge is 0.508 e. The number of anilines is 1. The monoisotopic (exact) mass is 487 g/mol. The number of aromatic hydroxyl groups is 3. The van der Waals surface area contributed by atoms with E-state index in [-0.39, 0.29) is 35.5 Å². The Balaban J connectivity index is 1.86. The topological polar surface area (TPSA) is 142 Å². The summed E-state index contributed by atoms with van der Waals surface area (Å²) in [6.07, 6.45) is 0. The Labute approximate surface area is 199 Å². The Kier molecular flexibility index (Phi) is 8.00. The molecule has 1 atom stereocenters. The minimum absolute atomic E-state index is 0.0000640. The summed E-state index contributed by atoms with van der Waals surface area (Å²) in [6, 6.07) is 17.5. The molecule has 0 aliphatic heterocycles. The summed E-state index contributed by atoms with van der Waals surface area (Å²) in [5, 5.41) is 42.8. The lowest BCUT2D eigenvalue weighted by Crippen LogP contribution is -2.30. The van der Waals surface area contributed by atoms with Crippen LogP contribution >= 0.6 is 0 Å². The summed E-state index contributed by atoms with van der Waals surface area (Å²) >= 11 is 0. The summed E-state index contributed by atoms with van der Waals surface area (Å²) in [5.74, 6) is -0.117. The molecule has 0 fully saturated rings. The van der Waals surface area contributed by atoms with Gasteiger partial charge < -0.3 is 25.7 Å². The van der Waals surface area contributed by atoms with Crippen molar-refractivity contribution in [3.63, 3.8) is 0 Å². The highest BCUT2D eigenvalue weighted by Crippen LogP contribution is 2.30. The summed E-state index contributed by atoms with van der Waals surface area (Å²) in [5.41, 5.74) is 2.41. The fraction of sp³-hybridized carbons (Fsp3) is 0.250. The Hall–Kier alpha value is -3.31. The van der Waals surface area contributed by atoms with Crippen LogP contribution in [-0.4, -0.2) is 60.4 Å². The van der Waals surface area contributed by atoms with Crippen molar-refractivity contribution in [2.75, 3.05) is 32.0 Å². The number of aliphatic hydroxyl groups is 1. The average molecular weight is 488 g/mol. The molecule has 34 heavy (non-hydrogen) atoms. The van der Waals surface area contributed by atoms with E-state index in [0.717, 1.165) is 15.4 Å². The third-order valence-corrected chi connectivity index (χ3v) is 6.92. The first-order chi connectivity index (χ1) is 16.1. The molecule has 6 N–H and O–H groups in total. The smallest absolute Gasteiger partial charge is 0.301 e. The van der Waals surface area contributed by atoms with Crippen molar-refractivity contribution in [3.8, 4) is 17.2 Å². The van der Waals surface area contributed by atoms with Crippen LogP contribution < -0.4 is 10.0 Å². The Morgan fingerprint density at radius 3 is 1.79 bits per heavy atom. The molecule has 0 spiro atoms. The zero-order valence-electron chi connectivity index (χ0n) is 18.9. The second-order valence-corrected chi connectivity index (χ2v) is 9.93. The molecule has 0 aromatic heterocycles. The zero-order chi connectivity index (χ0) is 24.9. The van der Waals surface area contributed by atoms with Crippen molar-refractivity contribution in [3.05, 3.63) is 83.4 Å². The van der Waals surface area contributed by atoms with E-state index < -0.39 is 16.3 Å². The highest BCUT2D eigenvalue weighted by Gasteiger charge is 2.20. The lowest BCUT2D eigenvalue weighted by atomic mass is 9.90. The molecule has 182 valence electrons. The predicted octanol–water partition coefficient (Wildman–Crippen LogP) is 2.48. The molecular weight excluding hydrogens is 458 g/mol. The summed E-state index contributed by atoms with van der Waals surface area (Å²) in [4.78, 5) is 0. The lowest BCUT2D eigenvalue weighted by Gasteiger charge is -2.24. The van der Waals surface area contributed by atoms with E-state index in [9.17, 15) is 28.8 Å². The van der Waals surface area contributed by atoms with Gasteiger partial charge in [0.1, 0.15) is 17.2 Å². The zero-order valence-corrected chi connectivity index (χ0v) is 19.7. The summed E-state index contributed by atoms with van der Waals surface area (Å²) < 4.78 is 27.7. The summed E-state index contributed by atoms with van der Waals surface area (Å²) in [7, 11) is -1.09. The van der Waals surface area contributed by atoms with Crippen molar-refractivity contribution in [2.45, 2.75) is 12.0 Å². The van der Waals surface area contributed by atoms with Crippen LogP contribution in [0.2, 0.25) is 0 Å². The maximum atomic E-state index is 12.2. The van der Waals surface area contributed by atoms with Crippen molar-refractivity contribution >= 4 is 15.9 Å². The molecule has 0 heterocycles. The van der Waals surface area contributed by atoms with Gasteiger partial charge in [0.05, 0.1) is 18.3 Å². The van der Waals surface area contributed by atoms with E-state index >= 15 is 0 Å². The van der Waals surface area contributed by atoms with Crippen molar-refractivity contribution in [1.29, 1.82) is 0 Å². The van der Waals surface area contributed by atoms with Crippen LogP contribution in [-0.2, 0) is 10.2 Å². The van der Waals surface area contributed by atoms with E-state index in [4.69, 9.17) is 0 Å². The maximum Gasteiger partial charge on any atom is 0.301 e. The standard InChI is InChI=1S/C24H29N3O6S/c1-27(2)34(32,33)26-22-13-18(7-12-24(22)31)23(15-28)25-14-21(16-3-8-19(29)9-4-16)17-5-10-20(30)11-6-17/h3-13,21,23,25-26,28-31H,14-15H2,1-2H3/t23-/m0/s1. The third kappa shape index (κ3) is 6.17. The number of phenolic OH excluding ortho intramolecular Hbond substituents is 3. The molecular formula is C24H29N3O6S. The number of hydrogen-bond acceptors (Lipinski definition) is 7. The van der Waals surface area contributed by atoms with E-state index in [0.29, 0.717) is 12.1 Å². The predicted molar refractivity (Wildman–Crippen MR) is 130 cm³/mol. The molecule has 0 saturated heterocycles. The van der Waals surface area contributed by atoms with E-state index in [2.05, 4.69) is 10.0 Å². The molecule has 10 heteroatoms. The minimum Gasteiger partial charge on any atom is -0.508 e. The summed E-state index contributed by atoms with van der Waals surface area (Å²) in [6.45, 7) is 0.114. The van der Waals surface area contributed by atoms with Crippen LogP contribution in [0.5, 0.6) is 17.2 Å². The highest BCUT2D eigenvalue weighted by molar-refractivity contribution is 7.90. The van der Waals surface area contributed by atoms with Gasteiger partial charge in [-0.2, -0.15) is 12.7 Å². The van der Waals surface area contributed by atoms with Gasteiger partial charge >= 0.3 is 10.2 Å². The Morgan fingerprint density at radius 2 is 1.32 bits per heavy atom. The molecule has 9 nitrogen and oxygen atoms in total. The molecule has 0 radical (unpaired) electrons. The molecule has 0 unspecified atom stereocenters. The van der Waals surface area contributed by atoms with Crippen LogP contribution in [0.15, 0.2) is 66.7 Å². The second-order valence-electron chi connectivity index (χ2n) is 8.05. The van der Waals surface area contributed by atoms with Crippen LogP contribution in [0.25, 0.3) is 0 Å². The number of benzene rings is 3. The molecule has 3 aromatic rings. The van der Waals surface area contributed by atoms with Crippen molar-refractivity contribution in [1.82, 2.24) is 9.62 Å². The maximum absolute atomic E-state index is 12.2. The van der Waals surface area contributed by atoms with Gasteiger partial charge in [0.25, 0.3) is 0 Å². The molecule has 0 aliphatic carbocycles. The average Bonchev–Trinajstić information content (AvgIpc) is 2.80. The number of nitrogens with zero attached hydrogens (tertiary/aromatic N) is 1. The normalized spacial score (nSPS) is 12.7. The van der Waals surface area contributed by atoms with Crippen LogP contribution in [0, 0.1) is 0 Å². The van der Waals surface area contributed by atoms with Gasteiger partial charge in [0, 0.05) is 26.6 Å². The molecule has 0 aliphatic rings. The van der Waals surface area contributed by atoms with Gasteiger partial charge in [-0.25, -0.2) is 0 Å². The SMILES string of the molecule is CN(C)S(=O)(=O)Nc1cc([C@H](CO)NCC(c2ccc(O)cc2)c2ccc(O)cc2)ccc1O. The molecule has 3 rings (SSSR count). The van der Waals surface area contributed by atoms with E-state index in [1.807, 2.05) is 0 Å². The van der Waals surface area contributed by atoms with Gasteiger partial charge in [0.2, 0.25) is 0 Å². The van der Waals surface area contributed by atoms with Crippen LogP contribution in [0.1, 0.15) is 28.7 Å². The van der Waals surface area contributed by atoms with E-state index in [1.54, 1.807) is 54.6 Å². The van der Waals surface area contributed by atoms with Gasteiger partial charge in [-0.05, 0) is 53.1 Å². The fourth-order valence-electron chi connectivity index (χ4n) is 3.47. The minimum atomic E-state index is -3.83. The number of phenols is 3. The first-order valence-corrected chi connectivity index (χ1v) is 12.0.